The third-order valence-corrected chi connectivity index (χ3v) is 3.13. The Morgan fingerprint density at radius 1 is 1.40 bits per heavy atom. The van der Waals surface area contributed by atoms with E-state index in [1.54, 1.807) is 7.05 Å². The fourth-order valence-corrected chi connectivity index (χ4v) is 2.23. The van der Waals surface area contributed by atoms with Crippen molar-refractivity contribution in [2.45, 2.75) is 32.4 Å². The van der Waals surface area contributed by atoms with Crippen molar-refractivity contribution in [3.8, 4) is 5.75 Å². The Kier molecular flexibility index (Phi) is 4.27. The van der Waals surface area contributed by atoms with E-state index in [0.717, 1.165) is 11.3 Å². The largest absolute Gasteiger partial charge is 0.480 e. The van der Waals surface area contributed by atoms with Crippen LogP contribution in [0.5, 0.6) is 5.75 Å². The average molecular weight is 276 g/mol. The van der Waals surface area contributed by atoms with Crippen LogP contribution in [0.25, 0.3) is 0 Å². The lowest BCUT2D eigenvalue weighted by Crippen LogP contribution is -2.45. The van der Waals surface area contributed by atoms with Gasteiger partial charge in [-0.1, -0.05) is 18.2 Å². The van der Waals surface area contributed by atoms with Gasteiger partial charge >= 0.3 is 0 Å². The van der Waals surface area contributed by atoms with Crippen LogP contribution in [0.2, 0.25) is 0 Å². The van der Waals surface area contributed by atoms with E-state index in [4.69, 9.17) is 4.74 Å². The van der Waals surface area contributed by atoms with E-state index in [2.05, 4.69) is 5.32 Å². The van der Waals surface area contributed by atoms with Gasteiger partial charge in [-0.3, -0.25) is 9.59 Å². The Hall–Kier alpha value is -2.04. The zero-order chi connectivity index (χ0) is 14.7. The molecule has 20 heavy (non-hydrogen) atoms. The molecule has 1 N–H and O–H groups in total. The van der Waals surface area contributed by atoms with Crippen LogP contribution in [0.1, 0.15) is 19.4 Å². The van der Waals surface area contributed by atoms with Gasteiger partial charge in [0.2, 0.25) is 5.91 Å². The third kappa shape index (κ3) is 3.29. The molecule has 5 heteroatoms. The van der Waals surface area contributed by atoms with Gasteiger partial charge in [-0.05, 0) is 25.5 Å². The summed E-state index contributed by atoms with van der Waals surface area (Å²) in [7, 11) is 1.62. The highest BCUT2D eigenvalue weighted by atomic mass is 16.5. The molecule has 2 rings (SSSR count). The number of ether oxygens (including phenoxy) is 1. The maximum Gasteiger partial charge on any atom is 0.264 e. The van der Waals surface area contributed by atoms with Crippen molar-refractivity contribution >= 4 is 11.8 Å². The first kappa shape index (κ1) is 14.4. The lowest BCUT2D eigenvalue weighted by atomic mass is 10.1. The first-order valence-electron chi connectivity index (χ1n) is 6.76. The predicted octanol–water partition coefficient (Wildman–Crippen LogP) is 0.973. The topological polar surface area (TPSA) is 58.6 Å². The number of hydrogen-bond donors (Lipinski definition) is 1. The van der Waals surface area contributed by atoms with E-state index in [1.807, 2.05) is 38.1 Å². The molecule has 1 unspecified atom stereocenters. The molecule has 1 aliphatic rings. The number of amides is 2. The van der Waals surface area contributed by atoms with E-state index in [9.17, 15) is 9.59 Å². The Balaban J connectivity index is 1.91. The molecular formula is C15H20N2O3. The number of carbonyl (C=O) groups is 2. The van der Waals surface area contributed by atoms with Crippen LogP contribution in [0.15, 0.2) is 24.3 Å². The van der Waals surface area contributed by atoms with E-state index in [1.165, 1.54) is 4.90 Å². The van der Waals surface area contributed by atoms with Crippen molar-refractivity contribution in [3.05, 3.63) is 29.8 Å². The summed E-state index contributed by atoms with van der Waals surface area (Å²) in [6.45, 7) is 3.82. The lowest BCUT2D eigenvalue weighted by Gasteiger charge is -2.21. The number of fused-ring (bicyclic) bond motifs is 1. The van der Waals surface area contributed by atoms with Crippen molar-refractivity contribution in [3.63, 3.8) is 0 Å². The second-order valence-corrected chi connectivity index (χ2v) is 5.33. The van der Waals surface area contributed by atoms with Crippen LogP contribution in [-0.2, 0) is 16.0 Å². The first-order chi connectivity index (χ1) is 9.47. The molecule has 0 fully saturated rings. The van der Waals surface area contributed by atoms with Gasteiger partial charge in [0.25, 0.3) is 5.91 Å². The molecule has 0 saturated heterocycles. The lowest BCUT2D eigenvalue weighted by molar-refractivity contribution is -0.140. The number of nitrogens with zero attached hydrogens (tertiary/aromatic N) is 1. The molecule has 1 aromatic rings. The van der Waals surface area contributed by atoms with Crippen LogP contribution in [-0.4, -0.2) is 42.5 Å². The minimum absolute atomic E-state index is 0.0488. The summed E-state index contributed by atoms with van der Waals surface area (Å²) in [5.41, 5.74) is 1.03. The molecule has 0 saturated carbocycles. The van der Waals surface area contributed by atoms with Crippen molar-refractivity contribution in [2.75, 3.05) is 13.6 Å². The highest BCUT2D eigenvalue weighted by molar-refractivity contribution is 5.87. The average Bonchev–Trinajstić information content (AvgIpc) is 2.80. The summed E-state index contributed by atoms with van der Waals surface area (Å²) >= 11 is 0. The van der Waals surface area contributed by atoms with Gasteiger partial charge in [0.05, 0.1) is 6.54 Å². The molecule has 0 aromatic heterocycles. The fourth-order valence-electron chi connectivity index (χ4n) is 2.23. The number of rotatable bonds is 4. The summed E-state index contributed by atoms with van der Waals surface area (Å²) in [4.78, 5) is 25.3. The number of nitrogens with one attached hydrogen (secondary N) is 1. The third-order valence-electron chi connectivity index (χ3n) is 3.13. The van der Waals surface area contributed by atoms with Crippen molar-refractivity contribution in [2.24, 2.45) is 0 Å². The molecule has 108 valence electrons. The summed E-state index contributed by atoms with van der Waals surface area (Å²) in [6, 6.07) is 7.68. The van der Waals surface area contributed by atoms with E-state index < -0.39 is 6.10 Å². The molecule has 5 nitrogen and oxygen atoms in total. The van der Waals surface area contributed by atoms with Gasteiger partial charge in [-0.15, -0.1) is 0 Å². The molecule has 0 radical (unpaired) electrons. The molecule has 0 aliphatic carbocycles. The number of likely N-dealkylation sites (N-methyl/N-ethyl adjacent to an activating group) is 1. The quantitative estimate of drug-likeness (QED) is 0.891. The Morgan fingerprint density at radius 3 is 2.75 bits per heavy atom. The minimum Gasteiger partial charge on any atom is -0.480 e. The van der Waals surface area contributed by atoms with Gasteiger partial charge < -0.3 is 15.0 Å². The van der Waals surface area contributed by atoms with Crippen LogP contribution < -0.4 is 10.1 Å². The normalized spacial score (nSPS) is 16.5. The summed E-state index contributed by atoms with van der Waals surface area (Å²) in [5, 5.41) is 2.76. The van der Waals surface area contributed by atoms with Gasteiger partial charge in [0.15, 0.2) is 6.10 Å². The zero-order valence-electron chi connectivity index (χ0n) is 12.1. The molecular weight excluding hydrogens is 256 g/mol. The molecule has 1 heterocycles. The highest BCUT2D eigenvalue weighted by Gasteiger charge is 2.31. The Bertz CT molecular complexity index is 489. The highest BCUT2D eigenvalue weighted by Crippen LogP contribution is 2.28. The van der Waals surface area contributed by atoms with Crippen LogP contribution in [0.4, 0.5) is 0 Å². The van der Waals surface area contributed by atoms with Crippen molar-refractivity contribution in [1.82, 2.24) is 10.2 Å². The van der Waals surface area contributed by atoms with E-state index in [0.29, 0.717) is 6.42 Å². The standard InChI is InChI=1S/C15H20N2O3/c1-10(2)16-14(18)9-17(3)15(19)13-8-11-6-4-5-7-12(11)20-13/h4-7,10,13H,8-9H2,1-3H3,(H,16,18). The van der Waals surface area contributed by atoms with E-state index >= 15 is 0 Å². The molecule has 1 aromatic carbocycles. The fraction of sp³-hybridized carbons (Fsp3) is 0.467. The van der Waals surface area contributed by atoms with Gasteiger partial charge in [-0.25, -0.2) is 0 Å². The van der Waals surface area contributed by atoms with Crippen LogP contribution in [0, 0.1) is 0 Å². The predicted molar refractivity (Wildman–Crippen MR) is 75.5 cm³/mol. The first-order valence-corrected chi connectivity index (χ1v) is 6.76. The molecule has 1 atom stereocenters. The second kappa shape index (κ2) is 5.94. The maximum atomic E-state index is 12.3. The van der Waals surface area contributed by atoms with Crippen LogP contribution in [0.3, 0.4) is 0 Å². The Labute approximate surface area is 118 Å². The molecule has 0 bridgehead atoms. The summed E-state index contributed by atoms with van der Waals surface area (Å²) < 4.78 is 5.63. The van der Waals surface area contributed by atoms with Gasteiger partial charge in [0, 0.05) is 19.5 Å². The zero-order valence-corrected chi connectivity index (χ0v) is 12.1. The van der Waals surface area contributed by atoms with Crippen LogP contribution >= 0.6 is 0 Å². The SMILES string of the molecule is CC(C)NC(=O)CN(C)C(=O)C1Cc2ccccc2O1. The van der Waals surface area contributed by atoms with Gasteiger partial charge in [0.1, 0.15) is 5.75 Å². The number of para-hydroxylation sites is 1. The summed E-state index contributed by atoms with van der Waals surface area (Å²) in [5.74, 6) is 0.428. The maximum absolute atomic E-state index is 12.3. The summed E-state index contributed by atoms with van der Waals surface area (Å²) in [6.07, 6.45) is 0.0368. The van der Waals surface area contributed by atoms with Gasteiger partial charge in [-0.2, -0.15) is 0 Å². The molecule has 2 amide bonds. The number of hydrogen-bond acceptors (Lipinski definition) is 3. The van der Waals surface area contributed by atoms with Crippen molar-refractivity contribution in [1.29, 1.82) is 0 Å². The number of carbonyl (C=O) groups excluding carboxylic acids is 2. The second-order valence-electron chi connectivity index (χ2n) is 5.33. The van der Waals surface area contributed by atoms with E-state index in [-0.39, 0.29) is 24.4 Å². The van der Waals surface area contributed by atoms with Crippen molar-refractivity contribution < 1.29 is 14.3 Å². The smallest absolute Gasteiger partial charge is 0.264 e. The molecule has 1 aliphatic heterocycles. The number of benzene rings is 1. The monoisotopic (exact) mass is 276 g/mol. The minimum atomic E-state index is -0.524. The molecule has 0 spiro atoms. The Morgan fingerprint density at radius 2 is 2.10 bits per heavy atom.